The summed E-state index contributed by atoms with van der Waals surface area (Å²) in [6.45, 7) is 3.38. The molecule has 0 bridgehead atoms. The van der Waals surface area contributed by atoms with Crippen LogP contribution in [0.3, 0.4) is 0 Å². The number of hydrogen-bond acceptors (Lipinski definition) is 3. The van der Waals surface area contributed by atoms with Crippen LogP contribution in [0.1, 0.15) is 23.3 Å². The van der Waals surface area contributed by atoms with E-state index >= 15 is 0 Å². The molecule has 3 rings (SSSR count). The lowest BCUT2D eigenvalue weighted by molar-refractivity contribution is -0.135. The van der Waals surface area contributed by atoms with Crippen molar-refractivity contribution < 1.29 is 9.59 Å². The molecular formula is C15H21BrN4O2. The number of piperazine rings is 1. The van der Waals surface area contributed by atoms with E-state index in [1.54, 1.807) is 0 Å². The highest BCUT2D eigenvalue weighted by Crippen LogP contribution is 2.21. The van der Waals surface area contributed by atoms with Gasteiger partial charge in [0, 0.05) is 49.9 Å². The predicted molar refractivity (Wildman–Crippen MR) is 86.6 cm³/mol. The molecule has 6 nitrogen and oxygen atoms in total. The number of hydrogen-bond donors (Lipinski definition) is 1. The van der Waals surface area contributed by atoms with Crippen molar-refractivity contribution in [1.82, 2.24) is 19.7 Å². The molecule has 120 valence electrons. The van der Waals surface area contributed by atoms with Gasteiger partial charge < -0.3 is 19.7 Å². The molecule has 1 N–H and O–H groups in total. The Kier molecular flexibility index (Phi) is 4.54. The number of amides is 2. The van der Waals surface area contributed by atoms with Gasteiger partial charge in [-0.25, -0.2) is 0 Å². The predicted octanol–water partition coefficient (Wildman–Crippen LogP) is 0.824. The normalized spacial score (nSPS) is 23.0. The Morgan fingerprint density at radius 3 is 2.91 bits per heavy atom. The van der Waals surface area contributed by atoms with Gasteiger partial charge in [0.2, 0.25) is 5.91 Å². The van der Waals surface area contributed by atoms with Gasteiger partial charge in [0.15, 0.2) is 0 Å². The molecule has 1 unspecified atom stereocenters. The van der Waals surface area contributed by atoms with E-state index < -0.39 is 0 Å². The summed E-state index contributed by atoms with van der Waals surface area (Å²) < 4.78 is 2.75. The minimum absolute atomic E-state index is 0.0421. The van der Waals surface area contributed by atoms with Crippen molar-refractivity contribution in [2.45, 2.75) is 18.9 Å². The Balaban J connectivity index is 1.71. The fourth-order valence-corrected chi connectivity index (χ4v) is 3.82. The van der Waals surface area contributed by atoms with Gasteiger partial charge in [0.25, 0.3) is 5.91 Å². The van der Waals surface area contributed by atoms with Crippen molar-refractivity contribution in [2.24, 2.45) is 7.05 Å². The number of nitrogens with zero attached hydrogens (tertiary/aromatic N) is 3. The second-order valence-electron chi connectivity index (χ2n) is 5.97. The van der Waals surface area contributed by atoms with Crippen LogP contribution < -0.4 is 5.32 Å². The van der Waals surface area contributed by atoms with E-state index in [0.717, 1.165) is 36.9 Å². The third-order valence-corrected chi connectivity index (χ3v) is 4.87. The molecule has 2 fully saturated rings. The van der Waals surface area contributed by atoms with E-state index in [0.29, 0.717) is 18.8 Å². The van der Waals surface area contributed by atoms with Gasteiger partial charge in [-0.3, -0.25) is 9.59 Å². The van der Waals surface area contributed by atoms with Crippen molar-refractivity contribution in [3.63, 3.8) is 0 Å². The van der Waals surface area contributed by atoms with Gasteiger partial charge in [-0.1, -0.05) is 0 Å². The summed E-state index contributed by atoms with van der Waals surface area (Å²) in [5.41, 5.74) is 0.680. The van der Waals surface area contributed by atoms with E-state index in [-0.39, 0.29) is 17.9 Å². The molecule has 2 saturated heterocycles. The minimum atomic E-state index is 0.0421. The van der Waals surface area contributed by atoms with Gasteiger partial charge in [0.1, 0.15) is 5.69 Å². The molecule has 0 saturated carbocycles. The largest absolute Gasteiger partial charge is 0.345 e. The van der Waals surface area contributed by atoms with E-state index in [2.05, 4.69) is 21.2 Å². The number of carbonyl (C=O) groups is 2. The molecule has 2 amide bonds. The number of likely N-dealkylation sites (tertiary alicyclic amines) is 1. The summed E-state index contributed by atoms with van der Waals surface area (Å²) in [7, 11) is 1.87. The summed E-state index contributed by atoms with van der Waals surface area (Å²) in [5, 5.41) is 3.09. The number of halogens is 1. The van der Waals surface area contributed by atoms with Crippen LogP contribution in [0, 0.1) is 0 Å². The molecule has 1 aromatic heterocycles. The number of aromatic nitrogens is 1. The van der Waals surface area contributed by atoms with Crippen LogP contribution in [0.2, 0.25) is 0 Å². The smallest absolute Gasteiger partial charge is 0.270 e. The van der Waals surface area contributed by atoms with E-state index in [4.69, 9.17) is 0 Å². The van der Waals surface area contributed by atoms with Crippen molar-refractivity contribution in [2.75, 3.05) is 32.7 Å². The zero-order chi connectivity index (χ0) is 15.7. The maximum atomic E-state index is 12.7. The van der Waals surface area contributed by atoms with E-state index in [1.807, 2.05) is 33.7 Å². The van der Waals surface area contributed by atoms with Crippen molar-refractivity contribution in [3.05, 3.63) is 22.4 Å². The van der Waals surface area contributed by atoms with Crippen LogP contribution >= 0.6 is 15.9 Å². The summed E-state index contributed by atoms with van der Waals surface area (Å²) in [5.74, 6) is 0.188. The third kappa shape index (κ3) is 3.05. The number of piperidine rings is 1. The Morgan fingerprint density at radius 1 is 1.41 bits per heavy atom. The summed E-state index contributed by atoms with van der Waals surface area (Å²) in [4.78, 5) is 28.6. The monoisotopic (exact) mass is 368 g/mol. The molecule has 0 aliphatic carbocycles. The summed E-state index contributed by atoms with van der Waals surface area (Å²) in [6, 6.07) is 2.00. The second kappa shape index (κ2) is 6.42. The first kappa shape index (κ1) is 15.6. The first-order valence-electron chi connectivity index (χ1n) is 7.67. The highest BCUT2D eigenvalue weighted by atomic mass is 79.9. The fraction of sp³-hybridized carbons (Fsp3) is 0.600. The molecule has 2 aliphatic rings. The standard InChI is InChI=1S/C15H21BrN4O2/c1-18-9-11(16)7-13(18)15(22)19-5-2-3-12(10-19)20-6-4-17-8-14(20)21/h7,9,12,17H,2-6,8,10H2,1H3. The van der Waals surface area contributed by atoms with Crippen molar-refractivity contribution in [1.29, 1.82) is 0 Å². The molecule has 7 heteroatoms. The number of rotatable bonds is 2. The number of nitrogens with one attached hydrogen (secondary N) is 1. The van der Waals surface area contributed by atoms with Crippen LogP contribution in [0.15, 0.2) is 16.7 Å². The molecule has 3 heterocycles. The van der Waals surface area contributed by atoms with Gasteiger partial charge >= 0.3 is 0 Å². The zero-order valence-corrected chi connectivity index (χ0v) is 14.3. The van der Waals surface area contributed by atoms with Crippen LogP contribution in [-0.4, -0.2) is 64.9 Å². The average molecular weight is 369 g/mol. The molecule has 0 aromatic carbocycles. The summed E-state index contributed by atoms with van der Waals surface area (Å²) in [6.07, 6.45) is 3.81. The highest BCUT2D eigenvalue weighted by Gasteiger charge is 2.32. The maximum Gasteiger partial charge on any atom is 0.270 e. The van der Waals surface area contributed by atoms with Gasteiger partial charge in [-0.15, -0.1) is 0 Å². The number of carbonyl (C=O) groups excluding carboxylic acids is 2. The highest BCUT2D eigenvalue weighted by molar-refractivity contribution is 9.10. The van der Waals surface area contributed by atoms with E-state index in [1.165, 1.54) is 0 Å². The lowest BCUT2D eigenvalue weighted by atomic mass is 10.0. The van der Waals surface area contributed by atoms with Crippen molar-refractivity contribution >= 4 is 27.7 Å². The molecule has 22 heavy (non-hydrogen) atoms. The first-order valence-corrected chi connectivity index (χ1v) is 8.47. The van der Waals surface area contributed by atoms with E-state index in [9.17, 15) is 9.59 Å². The minimum Gasteiger partial charge on any atom is -0.345 e. The van der Waals surface area contributed by atoms with Gasteiger partial charge in [-0.05, 0) is 34.8 Å². The van der Waals surface area contributed by atoms with Crippen LogP contribution in [0.4, 0.5) is 0 Å². The Labute approximate surface area is 138 Å². The maximum absolute atomic E-state index is 12.7. The number of aryl methyl sites for hydroxylation is 1. The molecular weight excluding hydrogens is 348 g/mol. The second-order valence-corrected chi connectivity index (χ2v) is 6.88. The molecule has 2 aliphatic heterocycles. The fourth-order valence-electron chi connectivity index (χ4n) is 3.30. The first-order chi connectivity index (χ1) is 10.6. The van der Waals surface area contributed by atoms with Crippen LogP contribution in [0.5, 0.6) is 0 Å². The Hall–Kier alpha value is -1.34. The zero-order valence-electron chi connectivity index (χ0n) is 12.7. The molecule has 0 radical (unpaired) electrons. The van der Waals surface area contributed by atoms with Crippen LogP contribution in [-0.2, 0) is 11.8 Å². The molecule has 1 aromatic rings. The third-order valence-electron chi connectivity index (χ3n) is 4.44. The Bertz CT molecular complexity index is 586. The summed E-state index contributed by atoms with van der Waals surface area (Å²) >= 11 is 3.41. The van der Waals surface area contributed by atoms with Gasteiger partial charge in [0.05, 0.1) is 6.54 Å². The van der Waals surface area contributed by atoms with Crippen molar-refractivity contribution in [3.8, 4) is 0 Å². The topological polar surface area (TPSA) is 57.6 Å². The SMILES string of the molecule is Cn1cc(Br)cc1C(=O)N1CCCC(N2CCNCC2=O)C1. The molecule has 0 spiro atoms. The lowest BCUT2D eigenvalue weighted by Crippen LogP contribution is -2.57. The quantitative estimate of drug-likeness (QED) is 0.840. The average Bonchev–Trinajstić information content (AvgIpc) is 2.86. The van der Waals surface area contributed by atoms with Crippen LogP contribution in [0.25, 0.3) is 0 Å². The van der Waals surface area contributed by atoms with Gasteiger partial charge in [-0.2, -0.15) is 0 Å². The lowest BCUT2D eigenvalue weighted by Gasteiger charge is -2.41. The molecule has 1 atom stereocenters. The Morgan fingerprint density at radius 2 is 2.23 bits per heavy atom.